The van der Waals surface area contributed by atoms with Crippen molar-refractivity contribution in [2.75, 3.05) is 13.1 Å². The molecule has 2 N–H and O–H groups in total. The molecule has 0 fully saturated rings. The van der Waals surface area contributed by atoms with E-state index < -0.39 is 5.60 Å². The lowest BCUT2D eigenvalue weighted by Gasteiger charge is -2.22. The molecule has 0 aliphatic heterocycles. The van der Waals surface area contributed by atoms with Crippen LogP contribution < -0.4 is 10.6 Å². The second-order valence-corrected chi connectivity index (χ2v) is 5.87. The first-order valence-corrected chi connectivity index (χ1v) is 6.98. The number of hydrogen-bond donors (Lipinski definition) is 2. The highest BCUT2D eigenvalue weighted by Crippen LogP contribution is 2.07. The number of alkyl carbamates (subject to hydrolysis) is 1. The number of carbonyl (C=O) groups is 1. The quantitative estimate of drug-likeness (QED) is 0.738. The van der Waals surface area contributed by atoms with E-state index in [2.05, 4.69) is 31.4 Å². The van der Waals surface area contributed by atoms with Crippen LogP contribution in [0.2, 0.25) is 0 Å². The molecule has 4 heteroatoms. The Morgan fingerprint density at radius 2 is 1.72 bits per heavy atom. The standard InChI is InChI=1S/C14H30N2O2/c1-7-12(8-2)10-15-11(3)9-16-13(17)18-14(4,5)6/h11-12,15H,7-10H2,1-6H3,(H,16,17). The zero-order valence-corrected chi connectivity index (χ0v) is 12.8. The first-order valence-electron chi connectivity index (χ1n) is 6.98. The van der Waals surface area contributed by atoms with Crippen LogP contribution in [0, 0.1) is 5.92 Å². The first kappa shape index (κ1) is 17.2. The van der Waals surface area contributed by atoms with E-state index in [-0.39, 0.29) is 12.1 Å². The topological polar surface area (TPSA) is 50.4 Å². The van der Waals surface area contributed by atoms with Crippen molar-refractivity contribution >= 4 is 6.09 Å². The SMILES string of the molecule is CCC(CC)CNC(C)CNC(=O)OC(C)(C)C. The highest BCUT2D eigenvalue weighted by molar-refractivity contribution is 5.67. The summed E-state index contributed by atoms with van der Waals surface area (Å²) in [5.74, 6) is 0.717. The van der Waals surface area contributed by atoms with Gasteiger partial charge in [-0.25, -0.2) is 4.79 Å². The number of ether oxygens (including phenoxy) is 1. The van der Waals surface area contributed by atoms with E-state index in [1.807, 2.05) is 20.8 Å². The van der Waals surface area contributed by atoms with Gasteiger partial charge < -0.3 is 15.4 Å². The van der Waals surface area contributed by atoms with Gasteiger partial charge in [0.15, 0.2) is 0 Å². The molecule has 4 nitrogen and oxygen atoms in total. The predicted molar refractivity (Wildman–Crippen MR) is 75.8 cm³/mol. The third-order valence-corrected chi connectivity index (χ3v) is 2.86. The molecule has 0 aromatic carbocycles. The zero-order valence-electron chi connectivity index (χ0n) is 12.8. The molecule has 18 heavy (non-hydrogen) atoms. The van der Waals surface area contributed by atoms with Gasteiger partial charge in [-0.05, 0) is 40.2 Å². The van der Waals surface area contributed by atoms with Crippen LogP contribution in [-0.2, 0) is 4.74 Å². The Bertz CT molecular complexity index is 232. The highest BCUT2D eigenvalue weighted by atomic mass is 16.6. The van der Waals surface area contributed by atoms with Crippen LogP contribution >= 0.6 is 0 Å². The largest absolute Gasteiger partial charge is 0.444 e. The molecule has 0 radical (unpaired) electrons. The number of carbonyl (C=O) groups excluding carboxylic acids is 1. The summed E-state index contributed by atoms with van der Waals surface area (Å²) in [5, 5.41) is 6.21. The van der Waals surface area contributed by atoms with Gasteiger partial charge in [0.05, 0.1) is 0 Å². The van der Waals surface area contributed by atoms with Gasteiger partial charge in [0, 0.05) is 12.6 Å². The minimum atomic E-state index is -0.434. The smallest absolute Gasteiger partial charge is 0.407 e. The first-order chi connectivity index (χ1) is 8.28. The van der Waals surface area contributed by atoms with Crippen LogP contribution in [0.15, 0.2) is 0 Å². The number of amides is 1. The van der Waals surface area contributed by atoms with Crippen molar-refractivity contribution < 1.29 is 9.53 Å². The van der Waals surface area contributed by atoms with Crippen LogP contribution in [0.5, 0.6) is 0 Å². The van der Waals surface area contributed by atoms with E-state index in [1.54, 1.807) is 0 Å². The molecule has 108 valence electrons. The molecule has 0 bridgehead atoms. The lowest BCUT2D eigenvalue weighted by Crippen LogP contribution is -2.42. The maximum atomic E-state index is 11.5. The van der Waals surface area contributed by atoms with Crippen molar-refractivity contribution in [2.45, 2.75) is 66.0 Å². The molecule has 1 atom stereocenters. The molecule has 1 amide bonds. The summed E-state index contributed by atoms with van der Waals surface area (Å²) in [6.07, 6.45) is 2.03. The average Bonchev–Trinajstić information content (AvgIpc) is 2.25. The molecule has 0 heterocycles. The summed E-state index contributed by atoms with van der Waals surface area (Å²) in [4.78, 5) is 11.5. The van der Waals surface area contributed by atoms with Crippen LogP contribution in [0.1, 0.15) is 54.4 Å². The number of rotatable bonds is 7. The Morgan fingerprint density at radius 3 is 2.17 bits per heavy atom. The third-order valence-electron chi connectivity index (χ3n) is 2.86. The van der Waals surface area contributed by atoms with Gasteiger partial charge in [-0.1, -0.05) is 26.7 Å². The summed E-state index contributed by atoms with van der Waals surface area (Å²) in [6.45, 7) is 13.7. The van der Waals surface area contributed by atoms with Crippen molar-refractivity contribution in [1.29, 1.82) is 0 Å². The highest BCUT2D eigenvalue weighted by Gasteiger charge is 2.16. The second kappa shape index (κ2) is 8.35. The van der Waals surface area contributed by atoms with Gasteiger partial charge in [0.25, 0.3) is 0 Å². The van der Waals surface area contributed by atoms with Crippen LogP contribution in [-0.4, -0.2) is 30.8 Å². The molecule has 0 aromatic rings. The second-order valence-electron chi connectivity index (χ2n) is 5.87. The average molecular weight is 258 g/mol. The minimum absolute atomic E-state index is 0.262. The van der Waals surface area contributed by atoms with Gasteiger partial charge in [-0.3, -0.25) is 0 Å². The summed E-state index contributed by atoms with van der Waals surface area (Å²) in [7, 11) is 0. The molecule has 0 saturated carbocycles. The van der Waals surface area contributed by atoms with Crippen molar-refractivity contribution in [1.82, 2.24) is 10.6 Å². The summed E-state index contributed by atoms with van der Waals surface area (Å²) >= 11 is 0. The van der Waals surface area contributed by atoms with Crippen molar-refractivity contribution in [3.8, 4) is 0 Å². The van der Waals surface area contributed by atoms with E-state index in [0.717, 1.165) is 6.54 Å². The lowest BCUT2D eigenvalue weighted by atomic mass is 10.0. The van der Waals surface area contributed by atoms with Crippen LogP contribution in [0.4, 0.5) is 4.79 Å². The molecular weight excluding hydrogens is 228 g/mol. The van der Waals surface area contributed by atoms with E-state index in [1.165, 1.54) is 12.8 Å². The van der Waals surface area contributed by atoms with Gasteiger partial charge in [0.2, 0.25) is 0 Å². The maximum Gasteiger partial charge on any atom is 0.407 e. The third kappa shape index (κ3) is 9.28. The lowest BCUT2D eigenvalue weighted by molar-refractivity contribution is 0.0523. The van der Waals surface area contributed by atoms with Crippen LogP contribution in [0.3, 0.4) is 0 Å². The fraction of sp³-hybridized carbons (Fsp3) is 0.929. The van der Waals surface area contributed by atoms with Crippen molar-refractivity contribution in [2.24, 2.45) is 5.92 Å². The molecule has 0 rings (SSSR count). The van der Waals surface area contributed by atoms with Crippen molar-refractivity contribution in [3.05, 3.63) is 0 Å². The zero-order chi connectivity index (χ0) is 14.2. The normalized spacial score (nSPS) is 13.5. The molecule has 0 aliphatic rings. The number of hydrogen-bond acceptors (Lipinski definition) is 3. The van der Waals surface area contributed by atoms with E-state index in [9.17, 15) is 4.79 Å². The fourth-order valence-corrected chi connectivity index (χ4v) is 1.57. The molecule has 0 spiro atoms. The Balaban J connectivity index is 3.76. The van der Waals surface area contributed by atoms with Gasteiger partial charge >= 0.3 is 6.09 Å². The van der Waals surface area contributed by atoms with Gasteiger partial charge in [-0.15, -0.1) is 0 Å². The summed E-state index contributed by atoms with van der Waals surface area (Å²) in [5.41, 5.74) is -0.434. The summed E-state index contributed by atoms with van der Waals surface area (Å²) in [6, 6.07) is 0.262. The number of nitrogens with one attached hydrogen (secondary N) is 2. The van der Waals surface area contributed by atoms with Gasteiger partial charge in [-0.2, -0.15) is 0 Å². The Kier molecular flexibility index (Phi) is 8.00. The Labute approximate surface area is 112 Å². The minimum Gasteiger partial charge on any atom is -0.444 e. The Hall–Kier alpha value is -0.770. The van der Waals surface area contributed by atoms with Crippen LogP contribution in [0.25, 0.3) is 0 Å². The molecule has 1 unspecified atom stereocenters. The fourth-order valence-electron chi connectivity index (χ4n) is 1.57. The van der Waals surface area contributed by atoms with Crippen molar-refractivity contribution in [3.63, 3.8) is 0 Å². The molecule has 0 aliphatic carbocycles. The van der Waals surface area contributed by atoms with Gasteiger partial charge in [0.1, 0.15) is 5.60 Å². The molecular formula is C14H30N2O2. The predicted octanol–water partition coefficient (Wildman–Crippen LogP) is 2.93. The van der Waals surface area contributed by atoms with E-state index in [0.29, 0.717) is 12.5 Å². The van der Waals surface area contributed by atoms with E-state index in [4.69, 9.17) is 4.74 Å². The molecule has 0 aromatic heterocycles. The summed E-state index contributed by atoms with van der Waals surface area (Å²) < 4.78 is 5.18. The van der Waals surface area contributed by atoms with E-state index >= 15 is 0 Å². The monoisotopic (exact) mass is 258 g/mol. The Morgan fingerprint density at radius 1 is 1.17 bits per heavy atom. The molecule has 0 saturated heterocycles. The maximum absolute atomic E-state index is 11.5.